The quantitative estimate of drug-likeness (QED) is 0.712. The maximum atomic E-state index is 5.56. The van der Waals surface area contributed by atoms with Crippen molar-refractivity contribution in [3.63, 3.8) is 0 Å². The van der Waals surface area contributed by atoms with Gasteiger partial charge >= 0.3 is 0 Å². The molecular formula is C16H30N2O. The zero-order chi connectivity index (χ0) is 13.0. The van der Waals surface area contributed by atoms with E-state index in [1.165, 1.54) is 13.1 Å². The third kappa shape index (κ3) is 5.52. The summed E-state index contributed by atoms with van der Waals surface area (Å²) in [6.45, 7) is 14.1. The first-order valence-corrected chi connectivity index (χ1v) is 7.09. The smallest absolute Gasteiger partial charge is 0.0634 e. The van der Waals surface area contributed by atoms with Gasteiger partial charge in [-0.15, -0.1) is 5.92 Å². The highest BCUT2D eigenvalue weighted by Crippen LogP contribution is 2.14. The summed E-state index contributed by atoms with van der Waals surface area (Å²) in [5, 5.41) is 0. The van der Waals surface area contributed by atoms with Gasteiger partial charge in [-0.2, -0.15) is 0 Å². The summed E-state index contributed by atoms with van der Waals surface area (Å²) in [5.41, 5.74) is 0.135. The molecule has 2 fully saturated rings. The molecule has 3 heteroatoms. The average Bonchev–Trinajstić information content (AvgIpc) is 2.33. The Morgan fingerprint density at radius 2 is 2.00 bits per heavy atom. The van der Waals surface area contributed by atoms with E-state index in [2.05, 4.69) is 42.4 Å². The van der Waals surface area contributed by atoms with Gasteiger partial charge in [-0.05, 0) is 20.8 Å². The van der Waals surface area contributed by atoms with Crippen molar-refractivity contribution in [1.29, 1.82) is 0 Å². The summed E-state index contributed by atoms with van der Waals surface area (Å²) < 4.78 is 5.56. The maximum absolute atomic E-state index is 5.56. The van der Waals surface area contributed by atoms with Crippen LogP contribution in [0.1, 0.15) is 34.6 Å². The van der Waals surface area contributed by atoms with Gasteiger partial charge in [0.15, 0.2) is 0 Å². The number of ether oxygens (including phenoxy) is 1. The third-order valence-corrected chi connectivity index (χ3v) is 3.54. The Labute approximate surface area is 119 Å². The molecule has 0 aromatic rings. The van der Waals surface area contributed by atoms with Gasteiger partial charge in [-0.3, -0.25) is 9.80 Å². The van der Waals surface area contributed by atoms with E-state index in [-0.39, 0.29) is 12.8 Å². The van der Waals surface area contributed by atoms with Crippen LogP contribution in [0.2, 0.25) is 0 Å². The fourth-order valence-electron chi connectivity index (χ4n) is 2.56. The second kappa shape index (κ2) is 7.28. The molecule has 3 nitrogen and oxygen atoms in total. The second-order valence-corrected chi connectivity index (χ2v) is 6.37. The number of rotatable bonds is 2. The van der Waals surface area contributed by atoms with E-state index in [0.29, 0.717) is 6.04 Å². The van der Waals surface area contributed by atoms with E-state index in [4.69, 9.17) is 4.74 Å². The Hall–Kier alpha value is -0.560. The molecule has 0 amide bonds. The standard InChI is InChI=1S/C15H26N2O.CH4/c1-15(2,3)6-4-5-7-16-8-9-17-10-11-18-13-14(17)12-16;/h14H,5,7-13H2,1-3H3;1H4/t14-;/m0./s1. The van der Waals surface area contributed by atoms with Crippen LogP contribution in [-0.4, -0.2) is 61.8 Å². The Kier molecular flexibility index (Phi) is 6.32. The number of hydrogen-bond acceptors (Lipinski definition) is 3. The van der Waals surface area contributed by atoms with Crippen LogP contribution in [0.5, 0.6) is 0 Å². The van der Waals surface area contributed by atoms with E-state index < -0.39 is 0 Å². The average molecular weight is 266 g/mol. The molecule has 19 heavy (non-hydrogen) atoms. The van der Waals surface area contributed by atoms with E-state index in [0.717, 1.165) is 39.3 Å². The fraction of sp³-hybridized carbons (Fsp3) is 0.875. The summed E-state index contributed by atoms with van der Waals surface area (Å²) >= 11 is 0. The van der Waals surface area contributed by atoms with Crippen LogP contribution in [0.3, 0.4) is 0 Å². The van der Waals surface area contributed by atoms with Crippen LogP contribution in [0, 0.1) is 17.3 Å². The zero-order valence-corrected chi connectivity index (χ0v) is 12.0. The molecule has 2 saturated heterocycles. The minimum absolute atomic E-state index is 0. The molecular weight excluding hydrogens is 236 g/mol. The fourth-order valence-corrected chi connectivity index (χ4v) is 2.56. The minimum Gasteiger partial charge on any atom is -0.378 e. The summed E-state index contributed by atoms with van der Waals surface area (Å²) in [4.78, 5) is 5.11. The number of hydrogen-bond donors (Lipinski definition) is 0. The van der Waals surface area contributed by atoms with E-state index >= 15 is 0 Å². The predicted molar refractivity (Wildman–Crippen MR) is 81.2 cm³/mol. The molecule has 0 unspecified atom stereocenters. The lowest BCUT2D eigenvalue weighted by Gasteiger charge is -2.43. The molecule has 110 valence electrons. The molecule has 0 spiro atoms. The Bertz CT molecular complexity index is 324. The van der Waals surface area contributed by atoms with Gasteiger partial charge in [0.2, 0.25) is 0 Å². The van der Waals surface area contributed by atoms with Crippen molar-refractivity contribution in [3.8, 4) is 11.8 Å². The Morgan fingerprint density at radius 1 is 1.21 bits per heavy atom. The van der Waals surface area contributed by atoms with Gasteiger partial charge in [-0.1, -0.05) is 13.3 Å². The minimum atomic E-state index is 0. The van der Waals surface area contributed by atoms with Crippen LogP contribution >= 0.6 is 0 Å². The van der Waals surface area contributed by atoms with Crippen molar-refractivity contribution in [2.45, 2.75) is 40.7 Å². The number of nitrogens with zero attached hydrogens (tertiary/aromatic N) is 2. The van der Waals surface area contributed by atoms with E-state index in [9.17, 15) is 0 Å². The zero-order valence-electron chi connectivity index (χ0n) is 12.0. The van der Waals surface area contributed by atoms with Crippen LogP contribution in [0.4, 0.5) is 0 Å². The summed E-state index contributed by atoms with van der Waals surface area (Å²) in [7, 11) is 0. The Morgan fingerprint density at radius 3 is 2.74 bits per heavy atom. The first-order valence-electron chi connectivity index (χ1n) is 7.09. The molecule has 2 heterocycles. The molecule has 0 aromatic heterocycles. The van der Waals surface area contributed by atoms with Gasteiger partial charge in [0, 0.05) is 50.6 Å². The van der Waals surface area contributed by atoms with Crippen molar-refractivity contribution < 1.29 is 4.74 Å². The van der Waals surface area contributed by atoms with Crippen molar-refractivity contribution in [2.24, 2.45) is 5.41 Å². The second-order valence-electron chi connectivity index (χ2n) is 6.37. The molecule has 2 aliphatic heterocycles. The van der Waals surface area contributed by atoms with Crippen LogP contribution in [-0.2, 0) is 4.74 Å². The van der Waals surface area contributed by atoms with Crippen molar-refractivity contribution in [2.75, 3.05) is 45.9 Å². The number of morpholine rings is 1. The predicted octanol–water partition coefficient (Wildman–Crippen LogP) is 2.08. The first kappa shape index (κ1) is 16.5. The highest BCUT2D eigenvalue weighted by molar-refractivity contribution is 5.07. The molecule has 0 N–H and O–H groups in total. The lowest BCUT2D eigenvalue weighted by atomic mass is 9.98. The van der Waals surface area contributed by atoms with Gasteiger partial charge in [-0.25, -0.2) is 0 Å². The Balaban J connectivity index is 0.00000180. The van der Waals surface area contributed by atoms with Crippen molar-refractivity contribution in [3.05, 3.63) is 0 Å². The SMILES string of the molecule is C.CC(C)(C)C#CCCN1CCN2CCOC[C@@H]2C1. The van der Waals surface area contributed by atoms with Gasteiger partial charge < -0.3 is 4.74 Å². The lowest BCUT2D eigenvalue weighted by Crippen LogP contribution is -2.58. The molecule has 0 aliphatic carbocycles. The molecule has 1 atom stereocenters. The normalized spacial score (nSPS) is 24.9. The van der Waals surface area contributed by atoms with Crippen LogP contribution in [0.25, 0.3) is 0 Å². The first-order chi connectivity index (χ1) is 8.54. The number of fused-ring (bicyclic) bond motifs is 1. The van der Waals surface area contributed by atoms with Crippen molar-refractivity contribution >= 4 is 0 Å². The third-order valence-electron chi connectivity index (χ3n) is 3.54. The largest absolute Gasteiger partial charge is 0.378 e. The van der Waals surface area contributed by atoms with Crippen LogP contribution in [0.15, 0.2) is 0 Å². The van der Waals surface area contributed by atoms with Gasteiger partial charge in [0.05, 0.1) is 13.2 Å². The summed E-state index contributed by atoms with van der Waals surface area (Å²) in [5.74, 6) is 6.61. The monoisotopic (exact) mass is 266 g/mol. The van der Waals surface area contributed by atoms with Crippen molar-refractivity contribution in [1.82, 2.24) is 9.80 Å². The topological polar surface area (TPSA) is 15.7 Å². The van der Waals surface area contributed by atoms with E-state index in [1.807, 2.05) is 0 Å². The summed E-state index contributed by atoms with van der Waals surface area (Å²) in [6.07, 6.45) is 0.991. The number of piperazine rings is 1. The highest BCUT2D eigenvalue weighted by Gasteiger charge is 2.28. The molecule has 2 aliphatic rings. The molecule has 0 aromatic carbocycles. The highest BCUT2D eigenvalue weighted by atomic mass is 16.5. The lowest BCUT2D eigenvalue weighted by molar-refractivity contribution is -0.0441. The van der Waals surface area contributed by atoms with E-state index in [1.54, 1.807) is 0 Å². The molecule has 0 bridgehead atoms. The maximum Gasteiger partial charge on any atom is 0.0634 e. The van der Waals surface area contributed by atoms with Gasteiger partial charge in [0.1, 0.15) is 0 Å². The molecule has 0 radical (unpaired) electrons. The van der Waals surface area contributed by atoms with Gasteiger partial charge in [0.25, 0.3) is 0 Å². The van der Waals surface area contributed by atoms with Crippen LogP contribution < -0.4 is 0 Å². The summed E-state index contributed by atoms with van der Waals surface area (Å²) in [6, 6.07) is 0.614. The molecule has 0 saturated carbocycles. The molecule has 2 rings (SSSR count).